The zero-order valence-electron chi connectivity index (χ0n) is 7.90. The predicted octanol–water partition coefficient (Wildman–Crippen LogP) is -2.39. The molecule has 0 aliphatic carbocycles. The number of carboxylic acid groups (broad SMARTS) is 1. The Kier molecular flexibility index (Phi) is 5.79. The molecule has 0 heterocycles. The van der Waals surface area contributed by atoms with Crippen LogP contribution in [-0.4, -0.2) is 47.3 Å². The van der Waals surface area contributed by atoms with Gasteiger partial charge < -0.3 is 26.6 Å². The van der Waals surface area contributed by atoms with E-state index >= 15 is 0 Å². The highest BCUT2D eigenvalue weighted by Crippen LogP contribution is 1.82. The minimum Gasteiger partial charge on any atom is -0.480 e. The van der Waals surface area contributed by atoms with Crippen molar-refractivity contribution in [2.45, 2.75) is 12.5 Å². The van der Waals surface area contributed by atoms with Crippen molar-refractivity contribution in [3.05, 3.63) is 0 Å². The number of hydrogen-bond donors (Lipinski definition) is 5. The fourth-order valence-electron chi connectivity index (χ4n) is 0.694. The first kappa shape index (κ1) is 13.2. The number of carbonyl (C=O) groups excluding carboxylic acids is 2. The van der Waals surface area contributed by atoms with E-state index in [2.05, 4.69) is 5.32 Å². The predicted molar refractivity (Wildman–Crippen MR) is 48.9 cm³/mol. The van der Waals surface area contributed by atoms with Crippen molar-refractivity contribution in [1.82, 2.24) is 10.6 Å². The van der Waals surface area contributed by atoms with E-state index in [1.165, 1.54) is 0 Å². The van der Waals surface area contributed by atoms with Crippen LogP contribution in [0.3, 0.4) is 0 Å². The molecule has 0 aliphatic rings. The molecule has 0 spiro atoms. The monoisotopic (exact) mass is 219 g/mol. The number of urea groups is 1. The summed E-state index contributed by atoms with van der Waals surface area (Å²) < 4.78 is 0. The lowest BCUT2D eigenvalue weighted by Gasteiger charge is -2.11. The molecule has 1 atom stereocenters. The van der Waals surface area contributed by atoms with Gasteiger partial charge in [0.2, 0.25) is 5.91 Å². The highest BCUT2D eigenvalue weighted by atomic mass is 16.4. The van der Waals surface area contributed by atoms with E-state index in [-0.39, 0.29) is 13.0 Å². The normalized spacial score (nSPS) is 11.5. The van der Waals surface area contributed by atoms with E-state index in [9.17, 15) is 14.4 Å². The van der Waals surface area contributed by atoms with Crippen LogP contribution in [0.5, 0.6) is 0 Å². The van der Waals surface area contributed by atoms with Gasteiger partial charge in [0.25, 0.3) is 0 Å². The van der Waals surface area contributed by atoms with Gasteiger partial charge in [-0.15, -0.1) is 0 Å². The number of nitrogens with two attached hydrogens (primary N) is 1. The van der Waals surface area contributed by atoms with Crippen LogP contribution in [0.15, 0.2) is 0 Å². The lowest BCUT2D eigenvalue weighted by atomic mass is 10.3. The summed E-state index contributed by atoms with van der Waals surface area (Å²) in [6, 6.07) is -2.14. The second-order valence-electron chi connectivity index (χ2n) is 2.69. The number of rotatable bonds is 6. The third-order valence-corrected chi connectivity index (χ3v) is 1.44. The minimum atomic E-state index is -1.36. The van der Waals surface area contributed by atoms with E-state index in [0.717, 1.165) is 0 Å². The summed E-state index contributed by atoms with van der Waals surface area (Å²) in [5, 5.41) is 21.2. The van der Waals surface area contributed by atoms with Gasteiger partial charge in [-0.05, 0) is 0 Å². The molecule has 0 aromatic heterocycles. The van der Waals surface area contributed by atoms with E-state index in [0.29, 0.717) is 0 Å². The molecule has 6 N–H and O–H groups in total. The standard InChI is InChI=1S/C7H13N3O5/c8-5(12)1-2-9-7(15)10-4(3-11)6(13)14/h4,11H,1-3H2,(H2,8,12)(H,13,14)(H2,9,10,15)/t4-/m0/s1. The number of carboxylic acids is 1. The molecule has 8 heteroatoms. The molecule has 0 aromatic carbocycles. The fourth-order valence-corrected chi connectivity index (χ4v) is 0.694. The van der Waals surface area contributed by atoms with Gasteiger partial charge in [-0.1, -0.05) is 0 Å². The van der Waals surface area contributed by atoms with Crippen LogP contribution < -0.4 is 16.4 Å². The average molecular weight is 219 g/mol. The van der Waals surface area contributed by atoms with Gasteiger partial charge in [0.15, 0.2) is 6.04 Å². The first-order chi connectivity index (χ1) is 6.97. The van der Waals surface area contributed by atoms with Crippen molar-refractivity contribution >= 4 is 17.9 Å². The first-order valence-corrected chi connectivity index (χ1v) is 4.13. The molecule has 0 unspecified atom stereocenters. The highest BCUT2D eigenvalue weighted by molar-refractivity contribution is 5.83. The second kappa shape index (κ2) is 6.60. The fraction of sp³-hybridized carbons (Fsp3) is 0.571. The van der Waals surface area contributed by atoms with Crippen molar-refractivity contribution in [3.63, 3.8) is 0 Å². The topological polar surface area (TPSA) is 142 Å². The summed E-state index contributed by atoms with van der Waals surface area (Å²) >= 11 is 0. The largest absolute Gasteiger partial charge is 0.480 e. The Hall–Kier alpha value is -1.83. The molecule has 8 nitrogen and oxygen atoms in total. The van der Waals surface area contributed by atoms with Gasteiger partial charge in [0.1, 0.15) is 0 Å². The second-order valence-corrected chi connectivity index (χ2v) is 2.69. The Morgan fingerprint density at radius 2 is 1.93 bits per heavy atom. The summed E-state index contributed by atoms with van der Waals surface area (Å²) in [4.78, 5) is 31.6. The third-order valence-electron chi connectivity index (χ3n) is 1.44. The summed E-state index contributed by atoms with van der Waals surface area (Å²) in [5.41, 5.74) is 4.81. The van der Waals surface area contributed by atoms with Crippen molar-refractivity contribution in [1.29, 1.82) is 0 Å². The Balaban J connectivity index is 3.81. The van der Waals surface area contributed by atoms with Crippen molar-refractivity contribution in [3.8, 4) is 0 Å². The molecule has 0 saturated carbocycles. The molecule has 0 aromatic rings. The van der Waals surface area contributed by atoms with Crippen LogP contribution in [0.1, 0.15) is 6.42 Å². The summed E-state index contributed by atoms with van der Waals surface area (Å²) in [6.45, 7) is -0.697. The number of amides is 3. The minimum absolute atomic E-state index is 0.0128. The molecular weight excluding hydrogens is 206 g/mol. The number of nitrogens with one attached hydrogen (secondary N) is 2. The molecule has 0 bridgehead atoms. The van der Waals surface area contributed by atoms with Crippen LogP contribution in [0.25, 0.3) is 0 Å². The quantitative estimate of drug-likeness (QED) is 0.338. The van der Waals surface area contributed by atoms with Crippen molar-refractivity contribution < 1.29 is 24.6 Å². The van der Waals surface area contributed by atoms with Crippen molar-refractivity contribution in [2.75, 3.05) is 13.2 Å². The Morgan fingerprint density at radius 1 is 1.33 bits per heavy atom. The lowest BCUT2D eigenvalue weighted by molar-refractivity contribution is -0.140. The molecule has 0 rings (SSSR count). The summed E-state index contributed by atoms with van der Waals surface area (Å²) in [6.07, 6.45) is -0.0374. The average Bonchev–Trinajstić information content (AvgIpc) is 2.13. The number of carbonyl (C=O) groups is 3. The summed E-state index contributed by atoms with van der Waals surface area (Å²) in [7, 11) is 0. The van der Waals surface area contributed by atoms with Gasteiger partial charge in [0.05, 0.1) is 6.61 Å². The lowest BCUT2D eigenvalue weighted by Crippen LogP contribution is -2.48. The van der Waals surface area contributed by atoms with Crippen LogP contribution in [0, 0.1) is 0 Å². The molecular formula is C7H13N3O5. The van der Waals surface area contributed by atoms with Gasteiger partial charge in [-0.25, -0.2) is 9.59 Å². The van der Waals surface area contributed by atoms with E-state index in [4.69, 9.17) is 15.9 Å². The SMILES string of the molecule is NC(=O)CCNC(=O)N[C@@H](CO)C(=O)O. The number of aliphatic hydroxyl groups is 1. The van der Waals surface area contributed by atoms with Gasteiger partial charge >= 0.3 is 12.0 Å². The van der Waals surface area contributed by atoms with Crippen LogP contribution in [0.2, 0.25) is 0 Å². The molecule has 0 saturated heterocycles. The molecule has 0 fully saturated rings. The third kappa shape index (κ3) is 6.27. The van der Waals surface area contributed by atoms with Crippen LogP contribution >= 0.6 is 0 Å². The number of hydrogen-bond acceptors (Lipinski definition) is 4. The molecule has 0 radical (unpaired) electrons. The van der Waals surface area contributed by atoms with E-state index in [1.54, 1.807) is 0 Å². The van der Waals surface area contributed by atoms with Gasteiger partial charge in [-0.3, -0.25) is 4.79 Å². The smallest absolute Gasteiger partial charge is 0.328 e. The molecule has 15 heavy (non-hydrogen) atoms. The Labute approximate surface area is 85.4 Å². The molecule has 3 amide bonds. The van der Waals surface area contributed by atoms with Crippen LogP contribution in [-0.2, 0) is 9.59 Å². The van der Waals surface area contributed by atoms with Crippen LogP contribution in [0.4, 0.5) is 4.79 Å². The number of aliphatic hydroxyl groups excluding tert-OH is 1. The van der Waals surface area contributed by atoms with Gasteiger partial charge in [0, 0.05) is 13.0 Å². The number of aliphatic carboxylic acids is 1. The van der Waals surface area contributed by atoms with E-state index in [1.807, 2.05) is 5.32 Å². The maximum Gasteiger partial charge on any atom is 0.328 e. The van der Waals surface area contributed by atoms with Crippen molar-refractivity contribution in [2.24, 2.45) is 5.73 Å². The zero-order chi connectivity index (χ0) is 11.8. The maximum absolute atomic E-state index is 10.9. The zero-order valence-corrected chi connectivity index (χ0v) is 7.90. The van der Waals surface area contributed by atoms with E-state index < -0.39 is 30.6 Å². The highest BCUT2D eigenvalue weighted by Gasteiger charge is 2.18. The Morgan fingerprint density at radius 3 is 2.33 bits per heavy atom. The first-order valence-electron chi connectivity index (χ1n) is 4.13. The molecule has 86 valence electrons. The maximum atomic E-state index is 10.9. The Bertz CT molecular complexity index is 255. The number of primary amides is 1. The summed E-state index contributed by atoms with van der Waals surface area (Å²) in [5.74, 6) is -1.92. The van der Waals surface area contributed by atoms with Gasteiger partial charge in [-0.2, -0.15) is 0 Å². The molecule has 0 aliphatic heterocycles.